The SMILES string of the molecule is CCOC(=O)c1ccc(NC(=O)C[C@H]2C(=O)NCCN2C(=O)CN2CCN(c3ccccc3)CC2)cc1. The van der Waals surface area contributed by atoms with Crippen LogP contribution in [0.5, 0.6) is 0 Å². The van der Waals surface area contributed by atoms with Crippen LogP contribution in [0.15, 0.2) is 54.6 Å². The van der Waals surface area contributed by atoms with Crippen molar-refractivity contribution in [3.8, 4) is 0 Å². The number of piperazine rings is 2. The van der Waals surface area contributed by atoms with E-state index in [9.17, 15) is 19.2 Å². The molecule has 3 amide bonds. The fraction of sp³-hybridized carbons (Fsp3) is 0.407. The lowest BCUT2D eigenvalue weighted by Crippen LogP contribution is -2.60. The molecule has 2 aliphatic heterocycles. The molecule has 0 unspecified atom stereocenters. The van der Waals surface area contributed by atoms with E-state index in [0.29, 0.717) is 24.3 Å². The number of amides is 3. The Morgan fingerprint density at radius 1 is 0.973 bits per heavy atom. The maximum Gasteiger partial charge on any atom is 0.338 e. The van der Waals surface area contributed by atoms with Crippen LogP contribution >= 0.6 is 0 Å². The molecule has 2 N–H and O–H groups in total. The summed E-state index contributed by atoms with van der Waals surface area (Å²) in [4.78, 5) is 56.2. The van der Waals surface area contributed by atoms with Crippen LogP contribution in [0.1, 0.15) is 23.7 Å². The Kier molecular flexibility index (Phi) is 8.73. The van der Waals surface area contributed by atoms with Gasteiger partial charge in [-0.2, -0.15) is 0 Å². The van der Waals surface area contributed by atoms with Crippen LogP contribution in [0, 0.1) is 0 Å². The number of rotatable bonds is 8. The van der Waals surface area contributed by atoms with Gasteiger partial charge in [0.2, 0.25) is 17.7 Å². The molecule has 0 aliphatic carbocycles. The van der Waals surface area contributed by atoms with E-state index in [1.807, 2.05) is 18.2 Å². The number of hydrogen-bond donors (Lipinski definition) is 2. The summed E-state index contributed by atoms with van der Waals surface area (Å²) in [7, 11) is 0. The Labute approximate surface area is 216 Å². The lowest BCUT2D eigenvalue weighted by Gasteiger charge is -2.39. The molecule has 10 heteroatoms. The van der Waals surface area contributed by atoms with Crippen LogP contribution in [0.25, 0.3) is 0 Å². The van der Waals surface area contributed by atoms with Crippen molar-refractivity contribution in [1.82, 2.24) is 15.1 Å². The first-order chi connectivity index (χ1) is 17.9. The Morgan fingerprint density at radius 2 is 1.68 bits per heavy atom. The zero-order valence-electron chi connectivity index (χ0n) is 21.0. The van der Waals surface area contributed by atoms with E-state index in [2.05, 4.69) is 32.6 Å². The lowest BCUT2D eigenvalue weighted by atomic mass is 10.1. The van der Waals surface area contributed by atoms with Crippen LogP contribution in [0.4, 0.5) is 11.4 Å². The first-order valence-corrected chi connectivity index (χ1v) is 12.6. The van der Waals surface area contributed by atoms with E-state index in [1.165, 1.54) is 10.6 Å². The Bertz CT molecular complexity index is 1100. The minimum Gasteiger partial charge on any atom is -0.462 e. The molecule has 2 aliphatic rings. The predicted octanol–water partition coefficient (Wildman–Crippen LogP) is 1.34. The Balaban J connectivity index is 1.30. The molecule has 2 aromatic carbocycles. The van der Waals surface area contributed by atoms with Crippen molar-refractivity contribution in [2.45, 2.75) is 19.4 Å². The molecular formula is C27H33N5O5. The first-order valence-electron chi connectivity index (χ1n) is 12.6. The summed E-state index contributed by atoms with van der Waals surface area (Å²) in [6.07, 6.45) is -0.154. The van der Waals surface area contributed by atoms with Gasteiger partial charge in [-0.15, -0.1) is 0 Å². The maximum atomic E-state index is 13.2. The molecular weight excluding hydrogens is 474 g/mol. The standard InChI is InChI=1S/C27H33N5O5/c1-2-37-27(36)20-8-10-21(11-9-20)29-24(33)18-23-26(35)28-12-13-32(23)25(34)19-30-14-16-31(17-15-30)22-6-4-3-5-7-22/h3-11,23H,2,12-19H2,1H3,(H,28,35)(H,29,33)/t23-/m0/s1. The van der Waals surface area contributed by atoms with Gasteiger partial charge in [0.1, 0.15) is 6.04 Å². The molecule has 2 saturated heterocycles. The summed E-state index contributed by atoms with van der Waals surface area (Å²) >= 11 is 0. The maximum absolute atomic E-state index is 13.2. The van der Waals surface area contributed by atoms with Gasteiger partial charge in [0, 0.05) is 50.6 Å². The zero-order valence-corrected chi connectivity index (χ0v) is 21.0. The molecule has 0 bridgehead atoms. The summed E-state index contributed by atoms with van der Waals surface area (Å²) in [5.74, 6) is -1.31. The van der Waals surface area contributed by atoms with Crippen LogP contribution in [0.3, 0.4) is 0 Å². The molecule has 1 atom stereocenters. The third-order valence-electron chi connectivity index (χ3n) is 6.56. The number of benzene rings is 2. The second-order valence-electron chi connectivity index (χ2n) is 9.04. The monoisotopic (exact) mass is 507 g/mol. The smallest absolute Gasteiger partial charge is 0.338 e. The largest absolute Gasteiger partial charge is 0.462 e. The van der Waals surface area contributed by atoms with Crippen molar-refractivity contribution in [3.05, 3.63) is 60.2 Å². The quantitative estimate of drug-likeness (QED) is 0.519. The number of esters is 1. The second kappa shape index (κ2) is 12.4. The van der Waals surface area contributed by atoms with Crippen molar-refractivity contribution in [2.75, 3.05) is 62.6 Å². The number of para-hydroxylation sites is 1. The highest BCUT2D eigenvalue weighted by molar-refractivity contribution is 5.98. The van der Waals surface area contributed by atoms with E-state index in [1.54, 1.807) is 31.2 Å². The molecule has 0 saturated carbocycles. The number of carbonyl (C=O) groups is 4. The first kappa shape index (κ1) is 26.2. The molecule has 4 rings (SSSR count). The van der Waals surface area contributed by atoms with Crippen LogP contribution in [-0.4, -0.2) is 92.0 Å². The Morgan fingerprint density at radius 3 is 2.35 bits per heavy atom. The normalized spacial score (nSPS) is 18.2. The van der Waals surface area contributed by atoms with Crippen LogP contribution in [-0.2, 0) is 19.1 Å². The minimum absolute atomic E-state index is 0.153. The molecule has 196 valence electrons. The predicted molar refractivity (Wildman–Crippen MR) is 139 cm³/mol. The summed E-state index contributed by atoms with van der Waals surface area (Å²) in [6.45, 7) is 6.07. The fourth-order valence-electron chi connectivity index (χ4n) is 4.59. The summed E-state index contributed by atoms with van der Waals surface area (Å²) in [5, 5.41) is 5.51. The highest BCUT2D eigenvalue weighted by atomic mass is 16.5. The van der Waals surface area contributed by atoms with E-state index < -0.39 is 12.0 Å². The number of anilines is 2. The van der Waals surface area contributed by atoms with Crippen molar-refractivity contribution >= 4 is 35.1 Å². The molecule has 2 aromatic rings. The van der Waals surface area contributed by atoms with Gasteiger partial charge in [-0.3, -0.25) is 19.3 Å². The molecule has 0 aromatic heterocycles. The summed E-state index contributed by atoms with van der Waals surface area (Å²) in [6, 6.07) is 15.6. The fourth-order valence-corrected chi connectivity index (χ4v) is 4.59. The molecule has 37 heavy (non-hydrogen) atoms. The topological polar surface area (TPSA) is 111 Å². The summed E-state index contributed by atoms with van der Waals surface area (Å²) < 4.78 is 4.96. The van der Waals surface area contributed by atoms with E-state index in [0.717, 1.165) is 26.2 Å². The lowest BCUT2D eigenvalue weighted by molar-refractivity contribution is -0.145. The third-order valence-corrected chi connectivity index (χ3v) is 6.56. The van der Waals surface area contributed by atoms with E-state index >= 15 is 0 Å². The van der Waals surface area contributed by atoms with Gasteiger partial charge in [0.15, 0.2) is 0 Å². The van der Waals surface area contributed by atoms with Gasteiger partial charge in [-0.25, -0.2) is 4.79 Å². The number of nitrogens with one attached hydrogen (secondary N) is 2. The highest BCUT2D eigenvalue weighted by Gasteiger charge is 2.35. The molecule has 2 heterocycles. The van der Waals surface area contributed by atoms with Gasteiger partial charge in [-0.1, -0.05) is 18.2 Å². The third kappa shape index (κ3) is 6.85. The van der Waals surface area contributed by atoms with Crippen molar-refractivity contribution in [1.29, 1.82) is 0 Å². The van der Waals surface area contributed by atoms with Crippen LogP contribution < -0.4 is 15.5 Å². The highest BCUT2D eigenvalue weighted by Crippen LogP contribution is 2.17. The van der Waals surface area contributed by atoms with Gasteiger partial charge in [0.25, 0.3) is 0 Å². The molecule has 0 radical (unpaired) electrons. The number of hydrogen-bond acceptors (Lipinski definition) is 7. The summed E-state index contributed by atoms with van der Waals surface area (Å²) in [5.41, 5.74) is 2.04. The van der Waals surface area contributed by atoms with Gasteiger partial charge >= 0.3 is 5.97 Å². The molecule has 10 nitrogen and oxygen atoms in total. The number of ether oxygens (including phenoxy) is 1. The Hall–Kier alpha value is -3.92. The van der Waals surface area contributed by atoms with Gasteiger partial charge < -0.3 is 25.2 Å². The van der Waals surface area contributed by atoms with Gasteiger partial charge in [-0.05, 0) is 43.3 Å². The van der Waals surface area contributed by atoms with Crippen molar-refractivity contribution < 1.29 is 23.9 Å². The van der Waals surface area contributed by atoms with E-state index in [4.69, 9.17) is 4.74 Å². The average molecular weight is 508 g/mol. The second-order valence-corrected chi connectivity index (χ2v) is 9.04. The van der Waals surface area contributed by atoms with Crippen molar-refractivity contribution in [2.24, 2.45) is 0 Å². The molecule has 2 fully saturated rings. The number of carbonyl (C=O) groups excluding carboxylic acids is 4. The van der Waals surface area contributed by atoms with Crippen molar-refractivity contribution in [3.63, 3.8) is 0 Å². The minimum atomic E-state index is -0.870. The van der Waals surface area contributed by atoms with Crippen LogP contribution in [0.2, 0.25) is 0 Å². The van der Waals surface area contributed by atoms with E-state index in [-0.39, 0.29) is 37.3 Å². The molecule has 0 spiro atoms. The zero-order chi connectivity index (χ0) is 26.2. The van der Waals surface area contributed by atoms with Gasteiger partial charge in [0.05, 0.1) is 25.1 Å². The average Bonchev–Trinajstić information content (AvgIpc) is 2.91. The number of nitrogens with zero attached hydrogens (tertiary/aromatic N) is 3.